The second-order valence-corrected chi connectivity index (χ2v) is 5.23. The maximum Gasteiger partial charge on any atom is 0.368 e. The lowest BCUT2D eigenvalue weighted by atomic mass is 9.97. The van der Waals surface area contributed by atoms with E-state index in [1.54, 1.807) is 6.07 Å². The van der Waals surface area contributed by atoms with E-state index >= 15 is 0 Å². The first-order chi connectivity index (χ1) is 10.6. The monoisotopic (exact) mass is 315 g/mol. The van der Waals surface area contributed by atoms with Crippen molar-refractivity contribution in [2.45, 2.75) is 6.92 Å². The van der Waals surface area contributed by atoms with Gasteiger partial charge in [-0.15, -0.1) is 0 Å². The van der Waals surface area contributed by atoms with Gasteiger partial charge in [-0.25, -0.2) is 9.18 Å². The SMILES string of the molecule is Cc1ccccc1C1=NOC(=O)/C1=C\c1c(F)cccc1Cl. The van der Waals surface area contributed by atoms with E-state index in [9.17, 15) is 9.18 Å². The van der Waals surface area contributed by atoms with Crippen LogP contribution in [-0.2, 0) is 9.63 Å². The number of carbonyl (C=O) groups excluding carboxylic acids is 1. The molecular weight excluding hydrogens is 305 g/mol. The van der Waals surface area contributed by atoms with E-state index in [-0.39, 0.29) is 16.2 Å². The highest BCUT2D eigenvalue weighted by Gasteiger charge is 2.28. The summed E-state index contributed by atoms with van der Waals surface area (Å²) in [5.74, 6) is -1.14. The lowest BCUT2D eigenvalue weighted by Gasteiger charge is -2.05. The van der Waals surface area contributed by atoms with E-state index in [1.807, 2.05) is 31.2 Å². The predicted octanol–water partition coefficient (Wildman–Crippen LogP) is 4.13. The van der Waals surface area contributed by atoms with Gasteiger partial charge in [0.2, 0.25) is 0 Å². The number of benzene rings is 2. The Labute approximate surface area is 131 Å². The van der Waals surface area contributed by atoms with Crippen molar-refractivity contribution in [3.05, 3.63) is 75.6 Å². The van der Waals surface area contributed by atoms with Crippen LogP contribution in [0.1, 0.15) is 16.7 Å². The van der Waals surface area contributed by atoms with Gasteiger partial charge in [-0.05, 0) is 30.7 Å². The van der Waals surface area contributed by atoms with E-state index in [2.05, 4.69) is 5.16 Å². The highest BCUT2D eigenvalue weighted by Crippen LogP contribution is 2.27. The summed E-state index contributed by atoms with van der Waals surface area (Å²) >= 11 is 6.00. The van der Waals surface area contributed by atoms with Crippen LogP contribution in [0.25, 0.3) is 6.08 Å². The molecule has 0 radical (unpaired) electrons. The molecule has 3 nitrogen and oxygen atoms in total. The van der Waals surface area contributed by atoms with Crippen molar-refractivity contribution in [2.75, 3.05) is 0 Å². The molecule has 0 aliphatic carbocycles. The minimum absolute atomic E-state index is 0.138. The second-order valence-electron chi connectivity index (χ2n) is 4.83. The average molecular weight is 316 g/mol. The molecule has 22 heavy (non-hydrogen) atoms. The molecule has 110 valence electrons. The van der Waals surface area contributed by atoms with Crippen molar-refractivity contribution < 1.29 is 14.0 Å². The van der Waals surface area contributed by atoms with E-state index in [4.69, 9.17) is 16.4 Å². The molecule has 0 spiro atoms. The number of carbonyl (C=O) groups is 1. The van der Waals surface area contributed by atoms with Crippen molar-refractivity contribution in [1.82, 2.24) is 0 Å². The summed E-state index contributed by atoms with van der Waals surface area (Å²) in [5.41, 5.74) is 2.39. The summed E-state index contributed by atoms with van der Waals surface area (Å²) in [6, 6.07) is 11.8. The Kier molecular flexibility index (Phi) is 3.77. The molecule has 2 aromatic rings. The molecule has 5 heteroatoms. The minimum Gasteiger partial charge on any atom is -0.312 e. The highest BCUT2D eigenvalue weighted by molar-refractivity contribution is 6.34. The molecule has 0 aromatic heterocycles. The van der Waals surface area contributed by atoms with Gasteiger partial charge in [-0.3, -0.25) is 0 Å². The van der Waals surface area contributed by atoms with E-state index < -0.39 is 11.8 Å². The first-order valence-electron chi connectivity index (χ1n) is 6.59. The Morgan fingerprint density at radius 3 is 2.68 bits per heavy atom. The number of oxime groups is 1. The van der Waals surface area contributed by atoms with Gasteiger partial charge in [0.1, 0.15) is 11.5 Å². The van der Waals surface area contributed by atoms with Crippen molar-refractivity contribution >= 4 is 29.4 Å². The summed E-state index contributed by atoms with van der Waals surface area (Å²) in [7, 11) is 0. The quantitative estimate of drug-likeness (QED) is 0.617. The van der Waals surface area contributed by atoms with Crippen LogP contribution in [0.4, 0.5) is 4.39 Å². The van der Waals surface area contributed by atoms with Gasteiger partial charge in [0.15, 0.2) is 0 Å². The third-order valence-electron chi connectivity index (χ3n) is 3.38. The minimum atomic E-state index is -0.627. The van der Waals surface area contributed by atoms with Crippen LogP contribution in [0.15, 0.2) is 53.2 Å². The third kappa shape index (κ3) is 2.53. The van der Waals surface area contributed by atoms with Gasteiger partial charge < -0.3 is 4.84 Å². The van der Waals surface area contributed by atoms with Gasteiger partial charge in [-0.2, -0.15) is 0 Å². The fourth-order valence-electron chi connectivity index (χ4n) is 2.24. The smallest absolute Gasteiger partial charge is 0.312 e. The van der Waals surface area contributed by atoms with Crippen LogP contribution < -0.4 is 0 Å². The zero-order valence-corrected chi connectivity index (χ0v) is 12.4. The Morgan fingerprint density at radius 1 is 1.18 bits per heavy atom. The Hall–Kier alpha value is -2.46. The van der Waals surface area contributed by atoms with Crippen LogP contribution >= 0.6 is 11.6 Å². The van der Waals surface area contributed by atoms with Crippen LogP contribution in [-0.4, -0.2) is 11.7 Å². The van der Waals surface area contributed by atoms with Crippen molar-refractivity contribution in [1.29, 1.82) is 0 Å². The van der Waals surface area contributed by atoms with Crippen molar-refractivity contribution in [2.24, 2.45) is 5.16 Å². The van der Waals surface area contributed by atoms with Gasteiger partial charge in [-0.1, -0.05) is 47.1 Å². The standard InChI is InChI=1S/C17H11ClFNO2/c1-10-5-2-3-6-11(10)16-13(17(21)22-20-16)9-12-14(18)7-4-8-15(12)19/h2-9H,1H3/b13-9-. The number of aryl methyl sites for hydroxylation is 1. The average Bonchev–Trinajstić information content (AvgIpc) is 2.85. The Morgan fingerprint density at radius 2 is 1.95 bits per heavy atom. The first-order valence-corrected chi connectivity index (χ1v) is 6.97. The molecule has 0 fully saturated rings. The zero-order valence-electron chi connectivity index (χ0n) is 11.6. The molecule has 1 aliphatic rings. The molecule has 1 heterocycles. The lowest BCUT2D eigenvalue weighted by molar-refractivity contribution is -0.136. The van der Waals surface area contributed by atoms with Crippen molar-refractivity contribution in [3.63, 3.8) is 0 Å². The number of hydrogen-bond donors (Lipinski definition) is 0. The Balaban J connectivity index is 2.13. The van der Waals surface area contributed by atoms with Gasteiger partial charge in [0, 0.05) is 11.1 Å². The molecule has 0 saturated heterocycles. The lowest BCUT2D eigenvalue weighted by Crippen LogP contribution is -2.08. The number of nitrogens with zero attached hydrogens (tertiary/aromatic N) is 1. The summed E-state index contributed by atoms with van der Waals surface area (Å²) in [5, 5.41) is 4.04. The molecule has 0 bridgehead atoms. The third-order valence-corrected chi connectivity index (χ3v) is 3.71. The molecular formula is C17H11ClFNO2. The highest BCUT2D eigenvalue weighted by atomic mass is 35.5. The molecule has 0 unspecified atom stereocenters. The summed E-state index contributed by atoms with van der Waals surface area (Å²) in [6.07, 6.45) is 1.37. The summed E-state index contributed by atoms with van der Waals surface area (Å²) < 4.78 is 13.9. The van der Waals surface area contributed by atoms with E-state index in [0.29, 0.717) is 5.71 Å². The van der Waals surface area contributed by atoms with Crippen LogP contribution in [0.5, 0.6) is 0 Å². The largest absolute Gasteiger partial charge is 0.368 e. The fraction of sp³-hybridized carbons (Fsp3) is 0.0588. The normalized spacial score (nSPS) is 15.9. The number of halogens is 2. The maximum atomic E-state index is 13.9. The molecule has 0 atom stereocenters. The van der Waals surface area contributed by atoms with Gasteiger partial charge in [0.25, 0.3) is 0 Å². The van der Waals surface area contributed by atoms with E-state index in [1.165, 1.54) is 18.2 Å². The van der Waals surface area contributed by atoms with Crippen molar-refractivity contribution in [3.8, 4) is 0 Å². The zero-order chi connectivity index (χ0) is 15.7. The summed E-state index contributed by atoms with van der Waals surface area (Å²) in [4.78, 5) is 16.7. The molecule has 0 N–H and O–H groups in total. The molecule has 0 saturated carbocycles. The molecule has 3 rings (SSSR count). The first kappa shape index (κ1) is 14.5. The molecule has 2 aromatic carbocycles. The van der Waals surface area contributed by atoms with Crippen LogP contribution in [0.2, 0.25) is 5.02 Å². The molecule has 0 amide bonds. The van der Waals surface area contributed by atoms with Gasteiger partial charge >= 0.3 is 5.97 Å². The second kappa shape index (κ2) is 5.73. The summed E-state index contributed by atoms with van der Waals surface area (Å²) in [6.45, 7) is 1.90. The van der Waals surface area contributed by atoms with E-state index in [0.717, 1.165) is 11.1 Å². The maximum absolute atomic E-state index is 13.9. The molecule has 1 aliphatic heterocycles. The number of rotatable bonds is 2. The van der Waals surface area contributed by atoms with Crippen LogP contribution in [0, 0.1) is 12.7 Å². The topological polar surface area (TPSA) is 38.7 Å². The number of hydrogen-bond acceptors (Lipinski definition) is 3. The predicted molar refractivity (Wildman–Crippen MR) is 83.2 cm³/mol. The van der Waals surface area contributed by atoms with Gasteiger partial charge in [0.05, 0.1) is 10.6 Å². The fourth-order valence-corrected chi connectivity index (χ4v) is 2.45. The van der Waals surface area contributed by atoms with Crippen LogP contribution in [0.3, 0.4) is 0 Å². The Bertz CT molecular complexity index is 807.